The summed E-state index contributed by atoms with van der Waals surface area (Å²) in [5.41, 5.74) is -1.58. The maximum absolute atomic E-state index is 9.98. The first-order valence-electron chi connectivity index (χ1n) is 3.03. The first-order chi connectivity index (χ1) is 4.41. The summed E-state index contributed by atoms with van der Waals surface area (Å²) < 4.78 is 0. The summed E-state index contributed by atoms with van der Waals surface area (Å²) in [4.78, 5) is 9.98. The molecule has 2 atom stereocenters. The van der Waals surface area contributed by atoms with Crippen LogP contribution in [0.4, 0.5) is 0 Å². The summed E-state index contributed by atoms with van der Waals surface area (Å²) >= 11 is 0. The minimum Gasteiger partial charge on any atom is -0.547 e. The van der Waals surface area contributed by atoms with Gasteiger partial charge >= 0.3 is 29.6 Å². The zero-order valence-electron chi connectivity index (χ0n) is 7.00. The van der Waals surface area contributed by atoms with E-state index in [-0.39, 0.29) is 36.0 Å². The number of aliphatic carboxylic acids is 1. The predicted molar refractivity (Wildman–Crippen MR) is 31.9 cm³/mol. The van der Waals surface area contributed by atoms with E-state index in [1.54, 1.807) is 6.92 Å². The molecule has 2 unspecified atom stereocenters. The molecule has 2 N–H and O–H groups in total. The molecule has 0 aliphatic carbocycles. The SMILES string of the molecule is CCC(C)(O)C(O)C(=O)[O-].[Na+]. The first-order valence-corrected chi connectivity index (χ1v) is 3.03. The molecule has 0 saturated carbocycles. The summed E-state index contributed by atoms with van der Waals surface area (Å²) in [5, 5.41) is 27.8. The van der Waals surface area contributed by atoms with E-state index >= 15 is 0 Å². The van der Waals surface area contributed by atoms with Gasteiger partial charge in [0, 0.05) is 0 Å². The van der Waals surface area contributed by atoms with Crippen LogP contribution >= 0.6 is 0 Å². The molecule has 0 aromatic heterocycles. The van der Waals surface area contributed by atoms with Crippen molar-refractivity contribution < 1.29 is 49.7 Å². The Kier molecular flexibility index (Phi) is 6.48. The van der Waals surface area contributed by atoms with Crippen LogP contribution in [-0.2, 0) is 4.79 Å². The summed E-state index contributed by atoms with van der Waals surface area (Å²) in [6, 6.07) is 0. The van der Waals surface area contributed by atoms with Crippen molar-refractivity contribution in [1.82, 2.24) is 0 Å². The second-order valence-corrected chi connectivity index (χ2v) is 2.43. The average Bonchev–Trinajstić information content (AvgIpc) is 1.86. The molecule has 0 aromatic carbocycles. The van der Waals surface area contributed by atoms with E-state index in [9.17, 15) is 9.90 Å². The van der Waals surface area contributed by atoms with Gasteiger partial charge in [-0.25, -0.2) is 0 Å². The van der Waals surface area contributed by atoms with Gasteiger partial charge in [0.05, 0.1) is 11.6 Å². The zero-order valence-corrected chi connectivity index (χ0v) is 9.00. The predicted octanol–water partition coefficient (Wildman–Crippen LogP) is -4.74. The fourth-order valence-corrected chi connectivity index (χ4v) is 0.447. The summed E-state index contributed by atoms with van der Waals surface area (Å²) in [6.45, 7) is 2.82. The van der Waals surface area contributed by atoms with E-state index in [2.05, 4.69) is 0 Å². The van der Waals surface area contributed by atoms with E-state index in [0.29, 0.717) is 0 Å². The molecule has 0 saturated heterocycles. The number of carbonyl (C=O) groups is 1. The number of carboxylic acid groups (broad SMARTS) is 1. The van der Waals surface area contributed by atoms with Crippen molar-refractivity contribution >= 4 is 5.97 Å². The normalized spacial score (nSPS) is 17.8. The smallest absolute Gasteiger partial charge is 0.547 e. The number of hydrogen-bond acceptors (Lipinski definition) is 4. The van der Waals surface area contributed by atoms with Crippen LogP contribution in [0.3, 0.4) is 0 Å². The van der Waals surface area contributed by atoms with Crippen LogP contribution in [0.1, 0.15) is 20.3 Å². The minimum atomic E-state index is -1.81. The number of carboxylic acids is 1. The Hall–Kier alpha value is 0.390. The van der Waals surface area contributed by atoms with E-state index < -0.39 is 17.7 Å². The van der Waals surface area contributed by atoms with Crippen molar-refractivity contribution in [2.75, 3.05) is 0 Å². The molecule has 0 aliphatic rings. The van der Waals surface area contributed by atoms with Gasteiger partial charge in [-0.05, 0) is 13.3 Å². The molecule has 0 aromatic rings. The summed E-state index contributed by atoms with van der Waals surface area (Å²) in [6.07, 6.45) is -1.64. The molecule has 0 aliphatic heterocycles. The third kappa shape index (κ3) is 4.08. The molecule has 0 rings (SSSR count). The number of hydrogen-bond donors (Lipinski definition) is 2. The number of carbonyl (C=O) groups excluding carboxylic acids is 1. The van der Waals surface area contributed by atoms with Gasteiger partial charge in [0.1, 0.15) is 6.10 Å². The van der Waals surface area contributed by atoms with Gasteiger partial charge < -0.3 is 20.1 Å². The topological polar surface area (TPSA) is 80.6 Å². The molecule has 4 nitrogen and oxygen atoms in total. The molecule has 0 radical (unpaired) electrons. The van der Waals surface area contributed by atoms with Crippen LogP contribution in [0.15, 0.2) is 0 Å². The van der Waals surface area contributed by atoms with E-state index in [1.165, 1.54) is 6.92 Å². The monoisotopic (exact) mass is 170 g/mol. The van der Waals surface area contributed by atoms with Crippen LogP contribution in [0.5, 0.6) is 0 Å². The van der Waals surface area contributed by atoms with E-state index in [0.717, 1.165) is 0 Å². The zero-order chi connectivity index (χ0) is 8.36. The Labute approximate surface area is 87.5 Å². The molecular weight excluding hydrogens is 159 g/mol. The Morgan fingerprint density at radius 3 is 2.18 bits per heavy atom. The van der Waals surface area contributed by atoms with Gasteiger partial charge in [0.2, 0.25) is 0 Å². The van der Waals surface area contributed by atoms with E-state index in [4.69, 9.17) is 10.2 Å². The molecule has 0 heterocycles. The number of rotatable bonds is 3. The first kappa shape index (κ1) is 13.9. The molecule has 0 bridgehead atoms. The maximum atomic E-state index is 9.98. The van der Waals surface area contributed by atoms with E-state index in [1.807, 2.05) is 0 Å². The second-order valence-electron chi connectivity index (χ2n) is 2.43. The van der Waals surface area contributed by atoms with Gasteiger partial charge in [-0.3, -0.25) is 0 Å². The van der Waals surface area contributed by atoms with Crippen molar-refractivity contribution in [3.8, 4) is 0 Å². The largest absolute Gasteiger partial charge is 1.00 e. The van der Waals surface area contributed by atoms with Crippen molar-refractivity contribution in [3.63, 3.8) is 0 Å². The quantitative estimate of drug-likeness (QED) is 0.417. The van der Waals surface area contributed by atoms with Crippen LogP contribution in [0.2, 0.25) is 0 Å². The van der Waals surface area contributed by atoms with Gasteiger partial charge in [0.15, 0.2) is 0 Å². The van der Waals surface area contributed by atoms with Crippen molar-refractivity contribution in [3.05, 3.63) is 0 Å². The molecule has 11 heavy (non-hydrogen) atoms. The third-order valence-corrected chi connectivity index (χ3v) is 1.53. The van der Waals surface area contributed by atoms with Gasteiger partial charge in [-0.1, -0.05) is 6.92 Å². The maximum Gasteiger partial charge on any atom is 1.00 e. The van der Waals surface area contributed by atoms with Crippen molar-refractivity contribution in [2.45, 2.75) is 32.0 Å². The fourth-order valence-electron chi connectivity index (χ4n) is 0.447. The van der Waals surface area contributed by atoms with Crippen molar-refractivity contribution in [2.24, 2.45) is 0 Å². The second kappa shape index (κ2) is 5.11. The number of aliphatic hydroxyl groups is 2. The Morgan fingerprint density at radius 2 is 2.09 bits per heavy atom. The van der Waals surface area contributed by atoms with Gasteiger partial charge in [-0.15, -0.1) is 0 Å². The Morgan fingerprint density at radius 1 is 1.73 bits per heavy atom. The standard InChI is InChI=1S/C6H12O4.Na/c1-3-6(2,10)4(7)5(8)9;/h4,7,10H,3H2,1-2H3,(H,8,9);/q;+1/p-1. The van der Waals surface area contributed by atoms with Gasteiger partial charge in [-0.2, -0.15) is 0 Å². The Balaban J connectivity index is 0. The summed E-state index contributed by atoms with van der Waals surface area (Å²) in [7, 11) is 0. The fraction of sp³-hybridized carbons (Fsp3) is 0.833. The number of aliphatic hydroxyl groups excluding tert-OH is 1. The molecule has 0 fully saturated rings. The molecule has 0 spiro atoms. The minimum absolute atomic E-state index is 0. The molecule has 5 heteroatoms. The molecule has 0 amide bonds. The van der Waals surface area contributed by atoms with Crippen LogP contribution in [0, 0.1) is 0 Å². The molecule has 60 valence electrons. The van der Waals surface area contributed by atoms with Crippen LogP contribution in [0.25, 0.3) is 0 Å². The van der Waals surface area contributed by atoms with Crippen molar-refractivity contribution in [1.29, 1.82) is 0 Å². The van der Waals surface area contributed by atoms with Gasteiger partial charge in [0.25, 0.3) is 0 Å². The van der Waals surface area contributed by atoms with Crippen LogP contribution in [-0.4, -0.2) is 27.9 Å². The van der Waals surface area contributed by atoms with Crippen LogP contribution < -0.4 is 34.7 Å². The Bertz CT molecular complexity index is 135. The third-order valence-electron chi connectivity index (χ3n) is 1.53. The molecular formula is C6H11NaO4. The summed E-state index contributed by atoms with van der Waals surface area (Å²) in [5.74, 6) is -1.65. The average molecular weight is 170 g/mol.